The van der Waals surface area contributed by atoms with Crippen LogP contribution in [0.1, 0.15) is 23.2 Å². The van der Waals surface area contributed by atoms with Crippen LogP contribution in [0.25, 0.3) is 0 Å². The molecular weight excluding hydrogens is 285 g/mol. The van der Waals surface area contributed by atoms with Crippen molar-refractivity contribution >= 4 is 17.6 Å². The Labute approximate surface area is 127 Å². The maximum absolute atomic E-state index is 13.1. The van der Waals surface area contributed by atoms with E-state index in [4.69, 9.17) is 4.74 Å². The molecule has 0 spiro atoms. The molecule has 0 aromatic heterocycles. The molecule has 1 saturated heterocycles. The number of amides is 1. The number of benzene rings is 2. The van der Waals surface area contributed by atoms with E-state index in [0.29, 0.717) is 18.5 Å². The summed E-state index contributed by atoms with van der Waals surface area (Å²) in [6.07, 6.45) is 1.41. The molecule has 1 heterocycles. The summed E-state index contributed by atoms with van der Waals surface area (Å²) < 4.78 is 18.2. The Morgan fingerprint density at radius 1 is 1.14 bits per heavy atom. The fourth-order valence-corrected chi connectivity index (χ4v) is 2.40. The van der Waals surface area contributed by atoms with Crippen molar-refractivity contribution in [1.29, 1.82) is 0 Å². The Morgan fingerprint density at radius 3 is 2.55 bits per heavy atom. The van der Waals surface area contributed by atoms with Crippen LogP contribution in [-0.4, -0.2) is 18.4 Å². The van der Waals surface area contributed by atoms with Crippen LogP contribution in [0, 0.1) is 5.82 Å². The van der Waals surface area contributed by atoms with E-state index in [2.05, 4.69) is 0 Å². The molecule has 1 aliphatic heterocycles. The maximum atomic E-state index is 13.1. The lowest BCUT2D eigenvalue weighted by atomic mass is 10.2. The number of hydrogen-bond acceptors (Lipinski definition) is 3. The van der Waals surface area contributed by atoms with Crippen molar-refractivity contribution in [2.45, 2.75) is 12.8 Å². The predicted octanol–water partition coefficient (Wildman–Crippen LogP) is 3.17. The Morgan fingerprint density at radius 2 is 1.91 bits per heavy atom. The number of halogens is 1. The number of ether oxygens (including phenoxy) is 1. The zero-order valence-electron chi connectivity index (χ0n) is 11.8. The van der Waals surface area contributed by atoms with Crippen LogP contribution >= 0.6 is 0 Å². The zero-order chi connectivity index (χ0) is 15.5. The molecule has 0 aliphatic carbocycles. The van der Waals surface area contributed by atoms with E-state index in [-0.39, 0.29) is 11.7 Å². The molecule has 2 aromatic rings. The van der Waals surface area contributed by atoms with Crippen LogP contribution in [0.4, 0.5) is 10.1 Å². The number of rotatable bonds is 3. The third-order valence-electron chi connectivity index (χ3n) is 3.49. The van der Waals surface area contributed by atoms with Gasteiger partial charge in [0, 0.05) is 24.7 Å². The van der Waals surface area contributed by atoms with Gasteiger partial charge >= 0.3 is 5.97 Å². The lowest BCUT2D eigenvalue weighted by Crippen LogP contribution is -2.23. The van der Waals surface area contributed by atoms with Gasteiger partial charge in [0.25, 0.3) is 0 Å². The molecule has 0 radical (unpaired) electrons. The number of carbonyl (C=O) groups is 2. The van der Waals surface area contributed by atoms with Crippen molar-refractivity contribution in [1.82, 2.24) is 0 Å². The summed E-state index contributed by atoms with van der Waals surface area (Å²) in [5, 5.41) is 0. The standard InChI is InChI=1S/C17H14FNO3/c18-13-3-1-4-15(11-13)22-17(21)12-6-8-14(9-7-12)19-10-2-5-16(19)20/h1,3-4,6-9,11H,2,5,10H2. The molecule has 0 unspecified atom stereocenters. The Bertz CT molecular complexity index is 712. The SMILES string of the molecule is O=C(Oc1cccc(F)c1)c1ccc(N2CCCC2=O)cc1. The summed E-state index contributed by atoms with van der Waals surface area (Å²) in [7, 11) is 0. The average Bonchev–Trinajstić information content (AvgIpc) is 2.93. The molecule has 1 amide bonds. The molecule has 3 rings (SSSR count). The van der Waals surface area contributed by atoms with Crippen LogP contribution in [-0.2, 0) is 4.79 Å². The highest BCUT2D eigenvalue weighted by Crippen LogP contribution is 2.22. The van der Waals surface area contributed by atoms with Gasteiger partial charge in [0.15, 0.2) is 0 Å². The minimum Gasteiger partial charge on any atom is -0.423 e. The highest BCUT2D eigenvalue weighted by molar-refractivity contribution is 5.96. The Kier molecular flexibility index (Phi) is 3.87. The monoisotopic (exact) mass is 299 g/mol. The molecule has 4 nitrogen and oxygen atoms in total. The van der Waals surface area contributed by atoms with Gasteiger partial charge in [-0.25, -0.2) is 9.18 Å². The summed E-state index contributed by atoms with van der Waals surface area (Å²) in [5.74, 6) is -0.781. The summed E-state index contributed by atoms with van der Waals surface area (Å²) in [6, 6.07) is 12.0. The number of anilines is 1. The smallest absolute Gasteiger partial charge is 0.343 e. The Balaban J connectivity index is 1.72. The number of esters is 1. The fraction of sp³-hybridized carbons (Fsp3) is 0.176. The highest BCUT2D eigenvalue weighted by Gasteiger charge is 2.21. The largest absolute Gasteiger partial charge is 0.423 e. The number of carbonyl (C=O) groups excluding carboxylic acids is 2. The molecule has 1 fully saturated rings. The molecule has 0 N–H and O–H groups in total. The van der Waals surface area contributed by atoms with E-state index >= 15 is 0 Å². The molecule has 0 saturated carbocycles. The van der Waals surface area contributed by atoms with Crippen LogP contribution in [0.15, 0.2) is 48.5 Å². The van der Waals surface area contributed by atoms with Crippen LogP contribution in [0.3, 0.4) is 0 Å². The Hall–Kier alpha value is -2.69. The van der Waals surface area contributed by atoms with E-state index < -0.39 is 11.8 Å². The van der Waals surface area contributed by atoms with Gasteiger partial charge in [-0.2, -0.15) is 0 Å². The van der Waals surface area contributed by atoms with Crippen molar-refractivity contribution in [2.75, 3.05) is 11.4 Å². The van der Waals surface area contributed by atoms with Crippen molar-refractivity contribution in [3.63, 3.8) is 0 Å². The summed E-state index contributed by atoms with van der Waals surface area (Å²) in [6.45, 7) is 0.700. The third kappa shape index (κ3) is 2.98. The van der Waals surface area contributed by atoms with E-state index in [1.165, 1.54) is 18.2 Å². The van der Waals surface area contributed by atoms with E-state index in [1.54, 1.807) is 29.2 Å². The molecule has 0 atom stereocenters. The number of hydrogen-bond donors (Lipinski definition) is 0. The first-order valence-corrected chi connectivity index (χ1v) is 7.02. The second-order valence-corrected chi connectivity index (χ2v) is 5.04. The van der Waals surface area contributed by atoms with E-state index in [0.717, 1.165) is 18.2 Å². The second-order valence-electron chi connectivity index (χ2n) is 5.04. The fourth-order valence-electron chi connectivity index (χ4n) is 2.40. The van der Waals surface area contributed by atoms with Gasteiger partial charge in [-0.05, 0) is 42.8 Å². The quantitative estimate of drug-likeness (QED) is 0.646. The first-order chi connectivity index (χ1) is 10.6. The average molecular weight is 299 g/mol. The van der Waals surface area contributed by atoms with Crippen LogP contribution in [0.5, 0.6) is 5.75 Å². The van der Waals surface area contributed by atoms with Gasteiger partial charge in [0.2, 0.25) is 5.91 Å². The van der Waals surface area contributed by atoms with Gasteiger partial charge in [-0.3, -0.25) is 4.79 Å². The van der Waals surface area contributed by atoms with Gasteiger partial charge in [-0.1, -0.05) is 6.07 Å². The van der Waals surface area contributed by atoms with E-state index in [1.807, 2.05) is 0 Å². The summed E-state index contributed by atoms with van der Waals surface area (Å²) in [5.41, 5.74) is 1.12. The summed E-state index contributed by atoms with van der Waals surface area (Å²) in [4.78, 5) is 25.4. The third-order valence-corrected chi connectivity index (χ3v) is 3.49. The molecule has 0 bridgehead atoms. The molecule has 1 aliphatic rings. The van der Waals surface area contributed by atoms with Crippen molar-refractivity contribution in [2.24, 2.45) is 0 Å². The molecule has 2 aromatic carbocycles. The topological polar surface area (TPSA) is 46.6 Å². The van der Waals surface area contributed by atoms with Gasteiger partial charge in [0.1, 0.15) is 11.6 Å². The van der Waals surface area contributed by atoms with Gasteiger partial charge in [0.05, 0.1) is 5.56 Å². The first kappa shape index (κ1) is 14.3. The molecule has 22 heavy (non-hydrogen) atoms. The number of nitrogens with zero attached hydrogens (tertiary/aromatic N) is 1. The van der Waals surface area contributed by atoms with Crippen molar-refractivity contribution < 1.29 is 18.7 Å². The minimum atomic E-state index is -0.565. The van der Waals surface area contributed by atoms with Crippen molar-refractivity contribution in [3.8, 4) is 5.75 Å². The van der Waals surface area contributed by atoms with E-state index in [9.17, 15) is 14.0 Å². The molecular formula is C17H14FNO3. The van der Waals surface area contributed by atoms with Crippen LogP contribution in [0.2, 0.25) is 0 Å². The zero-order valence-corrected chi connectivity index (χ0v) is 11.8. The highest BCUT2D eigenvalue weighted by atomic mass is 19.1. The predicted molar refractivity (Wildman–Crippen MR) is 79.4 cm³/mol. The second kappa shape index (κ2) is 5.97. The minimum absolute atomic E-state index is 0.0927. The summed E-state index contributed by atoms with van der Waals surface area (Å²) >= 11 is 0. The molecule has 112 valence electrons. The maximum Gasteiger partial charge on any atom is 0.343 e. The van der Waals surface area contributed by atoms with Crippen LogP contribution < -0.4 is 9.64 Å². The lowest BCUT2D eigenvalue weighted by molar-refractivity contribution is -0.117. The first-order valence-electron chi connectivity index (χ1n) is 7.02. The normalized spacial score (nSPS) is 14.2. The lowest BCUT2D eigenvalue weighted by Gasteiger charge is -2.15. The van der Waals surface area contributed by atoms with Crippen molar-refractivity contribution in [3.05, 3.63) is 59.9 Å². The molecule has 5 heteroatoms. The van der Waals surface area contributed by atoms with Gasteiger partial charge < -0.3 is 9.64 Å². The van der Waals surface area contributed by atoms with Gasteiger partial charge in [-0.15, -0.1) is 0 Å².